The number of aromatic nitrogens is 2. The zero-order valence-corrected chi connectivity index (χ0v) is 18.7. The fraction of sp³-hybridized carbons (Fsp3) is 0.400. The predicted molar refractivity (Wildman–Crippen MR) is 123 cm³/mol. The molecule has 4 aromatic rings. The van der Waals surface area contributed by atoms with Crippen LogP contribution in [0.3, 0.4) is 0 Å². The van der Waals surface area contributed by atoms with E-state index in [9.17, 15) is 0 Å². The monoisotopic (exact) mass is 435 g/mol. The van der Waals surface area contributed by atoms with E-state index < -0.39 is 0 Å². The normalized spacial score (nSPS) is 11.7. The van der Waals surface area contributed by atoms with Gasteiger partial charge in [0, 0.05) is 34.1 Å². The maximum atomic E-state index is 6.26. The summed E-state index contributed by atoms with van der Waals surface area (Å²) < 4.78 is 8.01. The summed E-state index contributed by atoms with van der Waals surface area (Å²) in [5.41, 5.74) is 0.993. The highest BCUT2D eigenvalue weighted by Gasteiger charge is 2.16. The van der Waals surface area contributed by atoms with Crippen molar-refractivity contribution in [1.29, 1.82) is 0 Å². The van der Waals surface area contributed by atoms with Gasteiger partial charge in [0.05, 0.1) is 31.5 Å². The average molecular weight is 436 g/mol. The van der Waals surface area contributed by atoms with Gasteiger partial charge in [-0.1, -0.05) is 38.3 Å². The Kier molecular flexibility index (Phi) is 5.97. The quantitative estimate of drug-likeness (QED) is 0.284. The maximum absolute atomic E-state index is 6.26. The Balaban J connectivity index is 1.66. The Morgan fingerprint density at radius 1 is 1.00 bits per heavy atom. The zero-order valence-electron chi connectivity index (χ0n) is 15.5. The Hall–Kier alpha value is -1.21. The number of fused-ring (bicyclic) bond motifs is 2. The molecule has 0 aromatic carbocycles. The van der Waals surface area contributed by atoms with Crippen molar-refractivity contribution in [3.63, 3.8) is 0 Å². The van der Waals surface area contributed by atoms with E-state index >= 15 is 0 Å². The van der Waals surface area contributed by atoms with E-state index in [4.69, 9.17) is 11.6 Å². The molecular weight excluding hydrogens is 414 g/mol. The van der Waals surface area contributed by atoms with Crippen molar-refractivity contribution in [1.82, 2.24) is 9.36 Å². The highest BCUT2D eigenvalue weighted by atomic mass is 35.5. The first-order valence-electron chi connectivity index (χ1n) is 9.38. The molecule has 4 aromatic heterocycles. The SMILES string of the molecule is CCCCN(CCCC)c1cc2sc(-c3ncc(Cl)c4sncc34)cc2s1. The van der Waals surface area contributed by atoms with Crippen LogP contribution >= 0.6 is 45.8 Å². The fourth-order valence-corrected chi connectivity index (χ4v) is 6.51. The summed E-state index contributed by atoms with van der Waals surface area (Å²) in [6.45, 7) is 6.82. The van der Waals surface area contributed by atoms with Gasteiger partial charge in [-0.25, -0.2) is 0 Å². The van der Waals surface area contributed by atoms with Gasteiger partial charge >= 0.3 is 0 Å². The summed E-state index contributed by atoms with van der Waals surface area (Å²) in [6, 6.07) is 4.64. The molecule has 0 aliphatic carbocycles. The fourth-order valence-electron chi connectivity index (χ4n) is 3.15. The third-order valence-corrected chi connectivity index (χ3v) is 8.24. The summed E-state index contributed by atoms with van der Waals surface area (Å²) >= 11 is 11.4. The van der Waals surface area contributed by atoms with Crippen LogP contribution in [0.25, 0.3) is 30.1 Å². The number of pyridine rings is 1. The molecular formula is C20H22ClN3S3. The molecule has 27 heavy (non-hydrogen) atoms. The molecule has 3 nitrogen and oxygen atoms in total. The third kappa shape index (κ3) is 3.86. The molecule has 0 aliphatic heterocycles. The predicted octanol–water partition coefficient (Wildman–Crippen LogP) is 7.69. The van der Waals surface area contributed by atoms with Crippen LogP contribution in [0.15, 0.2) is 24.5 Å². The van der Waals surface area contributed by atoms with Gasteiger partial charge in [0.1, 0.15) is 0 Å². The van der Waals surface area contributed by atoms with Gasteiger partial charge in [0.25, 0.3) is 0 Å². The van der Waals surface area contributed by atoms with E-state index in [-0.39, 0.29) is 0 Å². The molecule has 0 unspecified atom stereocenters. The van der Waals surface area contributed by atoms with Gasteiger partial charge in [-0.05, 0) is 36.5 Å². The van der Waals surface area contributed by atoms with E-state index in [0.717, 1.165) is 28.9 Å². The van der Waals surface area contributed by atoms with Crippen molar-refractivity contribution in [3.8, 4) is 10.6 Å². The standard InChI is InChI=1S/C20H22ClN3S3/c1-3-5-7-24(8-6-4-2)18-10-16-15(26-18)9-17(25-16)19-13-11-23-27-20(13)14(21)12-22-19/h9-12H,3-8H2,1-2H3. The van der Waals surface area contributed by atoms with Crippen LogP contribution in [0.4, 0.5) is 5.00 Å². The van der Waals surface area contributed by atoms with E-state index in [0.29, 0.717) is 5.02 Å². The van der Waals surface area contributed by atoms with Gasteiger partial charge in [-0.15, -0.1) is 22.7 Å². The molecule has 0 N–H and O–H groups in total. The molecule has 0 saturated carbocycles. The summed E-state index contributed by atoms with van der Waals surface area (Å²) in [5, 5.41) is 3.13. The lowest BCUT2D eigenvalue weighted by atomic mass is 10.2. The van der Waals surface area contributed by atoms with Crippen molar-refractivity contribution in [2.75, 3.05) is 18.0 Å². The van der Waals surface area contributed by atoms with Gasteiger partial charge in [0.2, 0.25) is 0 Å². The molecule has 0 radical (unpaired) electrons. The second-order valence-corrected chi connectivity index (χ2v) is 10.00. The number of anilines is 1. The lowest BCUT2D eigenvalue weighted by Crippen LogP contribution is -2.24. The van der Waals surface area contributed by atoms with Gasteiger partial charge in [-0.2, -0.15) is 4.37 Å². The molecule has 4 heterocycles. The minimum absolute atomic E-state index is 0.680. The Morgan fingerprint density at radius 2 is 1.74 bits per heavy atom. The number of rotatable bonds is 8. The number of hydrogen-bond acceptors (Lipinski definition) is 6. The van der Waals surface area contributed by atoms with E-state index in [1.54, 1.807) is 6.20 Å². The van der Waals surface area contributed by atoms with Crippen LogP contribution in [-0.4, -0.2) is 22.4 Å². The summed E-state index contributed by atoms with van der Waals surface area (Å²) in [5.74, 6) is 0. The zero-order chi connectivity index (χ0) is 18.8. The highest BCUT2D eigenvalue weighted by molar-refractivity contribution is 7.31. The molecule has 0 saturated heterocycles. The Bertz CT molecular complexity index is 1010. The van der Waals surface area contributed by atoms with Gasteiger partial charge < -0.3 is 4.90 Å². The minimum Gasteiger partial charge on any atom is -0.363 e. The van der Waals surface area contributed by atoms with Crippen LogP contribution in [0.2, 0.25) is 5.02 Å². The molecule has 7 heteroatoms. The van der Waals surface area contributed by atoms with E-state index in [2.05, 4.69) is 40.2 Å². The number of thiophene rings is 2. The maximum Gasteiger partial charge on any atom is 0.0929 e. The number of nitrogens with zero attached hydrogens (tertiary/aromatic N) is 3. The first-order valence-corrected chi connectivity index (χ1v) is 12.2. The van der Waals surface area contributed by atoms with E-state index in [1.165, 1.54) is 56.5 Å². The summed E-state index contributed by atoms with van der Waals surface area (Å²) in [4.78, 5) is 8.36. The topological polar surface area (TPSA) is 29.0 Å². The molecule has 0 aliphatic rings. The first-order chi connectivity index (χ1) is 13.2. The largest absolute Gasteiger partial charge is 0.363 e. The third-order valence-electron chi connectivity index (χ3n) is 4.65. The van der Waals surface area contributed by atoms with Crippen LogP contribution < -0.4 is 4.90 Å². The van der Waals surface area contributed by atoms with Crippen molar-refractivity contribution >= 4 is 70.3 Å². The Morgan fingerprint density at radius 3 is 2.44 bits per heavy atom. The number of unbranched alkanes of at least 4 members (excludes halogenated alkanes) is 2. The lowest BCUT2D eigenvalue weighted by Gasteiger charge is -2.22. The summed E-state index contributed by atoms with van der Waals surface area (Å²) in [7, 11) is 0. The highest BCUT2D eigenvalue weighted by Crippen LogP contribution is 2.43. The van der Waals surface area contributed by atoms with Crippen LogP contribution in [-0.2, 0) is 0 Å². The minimum atomic E-state index is 0.680. The first kappa shape index (κ1) is 19.1. The molecule has 0 atom stereocenters. The number of halogens is 1. The lowest BCUT2D eigenvalue weighted by molar-refractivity contribution is 0.682. The molecule has 0 spiro atoms. The van der Waals surface area contributed by atoms with Crippen LogP contribution in [0, 0.1) is 0 Å². The van der Waals surface area contributed by atoms with Crippen molar-refractivity contribution in [3.05, 3.63) is 29.5 Å². The van der Waals surface area contributed by atoms with Crippen molar-refractivity contribution in [2.24, 2.45) is 0 Å². The average Bonchev–Trinajstić information content (AvgIpc) is 3.37. The second kappa shape index (κ2) is 8.43. The Labute approximate surface area is 176 Å². The smallest absolute Gasteiger partial charge is 0.0929 e. The summed E-state index contributed by atoms with van der Waals surface area (Å²) in [6.07, 6.45) is 8.59. The molecule has 0 bridgehead atoms. The van der Waals surface area contributed by atoms with E-state index in [1.807, 2.05) is 28.9 Å². The van der Waals surface area contributed by atoms with Crippen molar-refractivity contribution < 1.29 is 0 Å². The molecule has 0 fully saturated rings. The van der Waals surface area contributed by atoms with Crippen LogP contribution in [0.1, 0.15) is 39.5 Å². The van der Waals surface area contributed by atoms with Crippen molar-refractivity contribution in [2.45, 2.75) is 39.5 Å². The van der Waals surface area contributed by atoms with Gasteiger partial charge in [0.15, 0.2) is 0 Å². The molecule has 142 valence electrons. The van der Waals surface area contributed by atoms with Gasteiger partial charge in [-0.3, -0.25) is 4.98 Å². The second-order valence-electron chi connectivity index (χ2n) is 6.64. The number of hydrogen-bond donors (Lipinski definition) is 0. The van der Waals surface area contributed by atoms with Crippen LogP contribution in [0.5, 0.6) is 0 Å². The molecule has 0 amide bonds. The molecule has 4 rings (SSSR count).